The summed E-state index contributed by atoms with van der Waals surface area (Å²) in [6.07, 6.45) is 3.66. The van der Waals surface area contributed by atoms with E-state index in [1.807, 2.05) is 40.7 Å². The van der Waals surface area contributed by atoms with E-state index < -0.39 is 0 Å². The highest BCUT2D eigenvalue weighted by Gasteiger charge is 2.27. The fourth-order valence-corrected chi connectivity index (χ4v) is 3.65. The van der Waals surface area contributed by atoms with Gasteiger partial charge in [-0.25, -0.2) is 4.79 Å². The lowest BCUT2D eigenvalue weighted by molar-refractivity contribution is -0.136. The van der Waals surface area contributed by atoms with E-state index in [9.17, 15) is 9.59 Å². The smallest absolute Gasteiger partial charge is 0.326 e. The van der Waals surface area contributed by atoms with E-state index in [4.69, 9.17) is 0 Å². The average molecular weight is 315 g/mol. The number of nitrogens with zero attached hydrogens (tertiary/aromatic N) is 2. The van der Waals surface area contributed by atoms with Gasteiger partial charge in [0.15, 0.2) is 0 Å². The Balaban J connectivity index is 1.72. The summed E-state index contributed by atoms with van der Waals surface area (Å²) < 4.78 is 1.87. The summed E-state index contributed by atoms with van der Waals surface area (Å²) in [5, 5.41) is 0. The Kier molecular flexibility index (Phi) is 4.55. The first kappa shape index (κ1) is 15.8. The number of H-pyrrole nitrogens is 1. The Morgan fingerprint density at radius 1 is 1.30 bits per heavy atom. The number of carbonyl (C=O) groups excluding carboxylic acids is 1. The molecule has 1 aliphatic heterocycles. The minimum Gasteiger partial charge on any atom is -0.342 e. The normalized spacial score (nSPS) is 17.6. The van der Waals surface area contributed by atoms with E-state index in [1.165, 1.54) is 0 Å². The molecule has 0 saturated carbocycles. The van der Waals surface area contributed by atoms with Crippen LogP contribution in [-0.2, 0) is 4.79 Å². The minimum absolute atomic E-state index is 0.0460. The van der Waals surface area contributed by atoms with Crippen LogP contribution in [0, 0.1) is 5.92 Å². The van der Waals surface area contributed by atoms with Gasteiger partial charge in [-0.05, 0) is 31.4 Å². The van der Waals surface area contributed by atoms with Crippen molar-refractivity contribution in [3.05, 3.63) is 34.7 Å². The molecule has 1 aliphatic rings. The van der Waals surface area contributed by atoms with Gasteiger partial charge in [-0.15, -0.1) is 0 Å². The quantitative estimate of drug-likeness (QED) is 0.943. The van der Waals surface area contributed by atoms with Crippen LogP contribution in [0.15, 0.2) is 29.1 Å². The first-order valence-electron chi connectivity index (χ1n) is 8.59. The number of rotatable bonds is 4. The molecule has 1 N–H and O–H groups in total. The molecule has 1 aromatic carbocycles. The molecule has 0 spiro atoms. The van der Waals surface area contributed by atoms with Crippen LogP contribution in [-0.4, -0.2) is 33.4 Å². The zero-order chi connectivity index (χ0) is 16.4. The molecule has 1 unspecified atom stereocenters. The SMILES string of the molecule is CCCC(C)C(=O)N1CCC(n2c(=O)[nH]c3ccccc32)CC1. The number of aromatic amines is 1. The van der Waals surface area contributed by atoms with Gasteiger partial charge in [-0.3, -0.25) is 9.36 Å². The van der Waals surface area contributed by atoms with Crippen LogP contribution < -0.4 is 5.69 Å². The van der Waals surface area contributed by atoms with Gasteiger partial charge in [-0.2, -0.15) is 0 Å². The maximum Gasteiger partial charge on any atom is 0.326 e. The van der Waals surface area contributed by atoms with Crippen LogP contribution in [0.25, 0.3) is 11.0 Å². The molecule has 0 bridgehead atoms. The summed E-state index contributed by atoms with van der Waals surface area (Å²) in [7, 11) is 0. The van der Waals surface area contributed by atoms with Crippen LogP contribution in [0.4, 0.5) is 0 Å². The van der Waals surface area contributed by atoms with Crippen molar-refractivity contribution in [2.24, 2.45) is 5.92 Å². The van der Waals surface area contributed by atoms with Gasteiger partial charge in [0.2, 0.25) is 5.91 Å². The van der Waals surface area contributed by atoms with Crippen molar-refractivity contribution in [1.82, 2.24) is 14.5 Å². The highest BCUT2D eigenvalue weighted by atomic mass is 16.2. The average Bonchev–Trinajstić information content (AvgIpc) is 2.90. The molecule has 23 heavy (non-hydrogen) atoms. The van der Waals surface area contributed by atoms with Crippen LogP contribution in [0.1, 0.15) is 45.6 Å². The summed E-state index contributed by atoms with van der Waals surface area (Å²) >= 11 is 0. The van der Waals surface area contributed by atoms with E-state index in [1.54, 1.807) is 0 Å². The molecule has 1 saturated heterocycles. The highest BCUT2D eigenvalue weighted by Crippen LogP contribution is 2.26. The number of aromatic nitrogens is 2. The summed E-state index contributed by atoms with van der Waals surface area (Å²) in [4.78, 5) is 29.6. The lowest BCUT2D eigenvalue weighted by Crippen LogP contribution is -2.42. The van der Waals surface area contributed by atoms with Crippen LogP contribution >= 0.6 is 0 Å². The van der Waals surface area contributed by atoms with Crippen LogP contribution in [0.3, 0.4) is 0 Å². The molecule has 2 aromatic rings. The van der Waals surface area contributed by atoms with Crippen molar-refractivity contribution in [2.75, 3.05) is 13.1 Å². The summed E-state index contributed by atoms with van der Waals surface area (Å²) in [5.74, 6) is 0.365. The van der Waals surface area contributed by atoms with Gasteiger partial charge in [0.25, 0.3) is 0 Å². The minimum atomic E-state index is -0.0460. The van der Waals surface area contributed by atoms with Gasteiger partial charge in [0.05, 0.1) is 11.0 Å². The Morgan fingerprint density at radius 3 is 2.70 bits per heavy atom. The van der Waals surface area contributed by atoms with E-state index in [-0.39, 0.29) is 23.6 Å². The topological polar surface area (TPSA) is 58.1 Å². The molecule has 124 valence electrons. The van der Waals surface area contributed by atoms with Crippen LogP contribution in [0.2, 0.25) is 0 Å². The highest BCUT2D eigenvalue weighted by molar-refractivity contribution is 5.78. The Labute approximate surface area is 136 Å². The number of piperidine rings is 1. The molecule has 2 heterocycles. The van der Waals surface area contributed by atoms with E-state index in [0.717, 1.165) is 49.8 Å². The lowest BCUT2D eigenvalue weighted by atomic mass is 10.00. The number of hydrogen-bond donors (Lipinski definition) is 1. The standard InChI is InChI=1S/C18H25N3O2/c1-3-6-13(2)17(22)20-11-9-14(10-12-20)21-16-8-5-4-7-15(16)19-18(21)23/h4-5,7-8,13-14H,3,6,9-12H2,1-2H3,(H,19,23). The second-order valence-electron chi connectivity index (χ2n) is 6.56. The van der Waals surface area contributed by atoms with Crippen molar-refractivity contribution in [2.45, 2.75) is 45.6 Å². The maximum absolute atomic E-state index is 12.4. The number of likely N-dealkylation sites (tertiary alicyclic amines) is 1. The third-order valence-corrected chi connectivity index (χ3v) is 4.91. The molecule has 0 aliphatic carbocycles. The van der Waals surface area contributed by atoms with Crippen molar-refractivity contribution in [1.29, 1.82) is 0 Å². The predicted octanol–water partition coefficient (Wildman–Crippen LogP) is 2.93. The Hall–Kier alpha value is -2.04. The fourth-order valence-electron chi connectivity index (χ4n) is 3.65. The van der Waals surface area contributed by atoms with Crippen LogP contribution in [0.5, 0.6) is 0 Å². The number of hydrogen-bond acceptors (Lipinski definition) is 2. The third-order valence-electron chi connectivity index (χ3n) is 4.91. The van der Waals surface area contributed by atoms with Gasteiger partial charge in [-0.1, -0.05) is 32.4 Å². The van der Waals surface area contributed by atoms with E-state index in [0.29, 0.717) is 0 Å². The number of para-hydroxylation sites is 2. The number of carbonyl (C=O) groups is 1. The third kappa shape index (κ3) is 3.05. The largest absolute Gasteiger partial charge is 0.342 e. The first-order valence-corrected chi connectivity index (χ1v) is 8.59. The molecule has 1 aromatic heterocycles. The van der Waals surface area contributed by atoms with Gasteiger partial charge >= 0.3 is 5.69 Å². The Bertz CT molecular complexity index is 738. The number of amides is 1. The van der Waals surface area contributed by atoms with Crippen molar-refractivity contribution < 1.29 is 4.79 Å². The molecule has 3 rings (SSSR count). The molecule has 5 heteroatoms. The summed E-state index contributed by atoms with van der Waals surface area (Å²) in [6.45, 7) is 5.61. The van der Waals surface area contributed by atoms with Gasteiger partial charge < -0.3 is 9.88 Å². The van der Waals surface area contributed by atoms with Gasteiger partial charge in [0.1, 0.15) is 0 Å². The Morgan fingerprint density at radius 2 is 2.00 bits per heavy atom. The zero-order valence-corrected chi connectivity index (χ0v) is 13.9. The van der Waals surface area contributed by atoms with Crippen molar-refractivity contribution in [3.63, 3.8) is 0 Å². The zero-order valence-electron chi connectivity index (χ0n) is 13.9. The molecular formula is C18H25N3O2. The first-order chi connectivity index (χ1) is 11.1. The van der Waals surface area contributed by atoms with Gasteiger partial charge in [0, 0.05) is 25.0 Å². The summed E-state index contributed by atoms with van der Waals surface area (Å²) in [6, 6.07) is 7.96. The van der Waals surface area contributed by atoms with E-state index >= 15 is 0 Å². The molecular weight excluding hydrogens is 290 g/mol. The summed E-state index contributed by atoms with van der Waals surface area (Å²) in [5.41, 5.74) is 1.80. The van der Waals surface area contributed by atoms with Crippen molar-refractivity contribution >= 4 is 16.9 Å². The monoisotopic (exact) mass is 315 g/mol. The molecule has 0 radical (unpaired) electrons. The molecule has 1 amide bonds. The molecule has 5 nitrogen and oxygen atoms in total. The number of nitrogens with one attached hydrogen (secondary N) is 1. The number of imidazole rings is 1. The fraction of sp³-hybridized carbons (Fsp3) is 0.556. The lowest BCUT2D eigenvalue weighted by Gasteiger charge is -2.34. The second kappa shape index (κ2) is 6.60. The maximum atomic E-state index is 12.4. The van der Waals surface area contributed by atoms with Crippen molar-refractivity contribution in [3.8, 4) is 0 Å². The number of benzene rings is 1. The molecule has 1 atom stereocenters. The second-order valence-corrected chi connectivity index (χ2v) is 6.56. The molecule has 1 fully saturated rings. The van der Waals surface area contributed by atoms with E-state index in [2.05, 4.69) is 11.9 Å². The predicted molar refractivity (Wildman–Crippen MR) is 91.5 cm³/mol. The number of fused-ring (bicyclic) bond motifs is 1.